The minimum atomic E-state index is -0.225. The molecule has 0 spiro atoms. The van der Waals surface area contributed by atoms with Crippen LogP contribution in [0.4, 0.5) is 0 Å². The molecule has 1 heterocycles. The molecule has 4 nitrogen and oxygen atoms in total. The van der Waals surface area contributed by atoms with E-state index in [2.05, 4.69) is 18.9 Å². The summed E-state index contributed by atoms with van der Waals surface area (Å²) >= 11 is 6.45. The van der Waals surface area contributed by atoms with Gasteiger partial charge in [0.15, 0.2) is 0 Å². The molecule has 5 heteroatoms. The first-order valence-electron chi connectivity index (χ1n) is 7.94. The second-order valence-corrected chi connectivity index (χ2v) is 6.84. The lowest BCUT2D eigenvalue weighted by atomic mass is 9.73. The van der Waals surface area contributed by atoms with Crippen LogP contribution in [0.15, 0.2) is 0 Å². The van der Waals surface area contributed by atoms with Crippen molar-refractivity contribution in [3.05, 3.63) is 16.4 Å². The molecule has 1 aromatic heterocycles. The van der Waals surface area contributed by atoms with Crippen molar-refractivity contribution < 1.29 is 4.74 Å². The number of hydrogen-bond donors (Lipinski definition) is 1. The number of aryl methyl sites for hydroxylation is 2. The van der Waals surface area contributed by atoms with Crippen LogP contribution >= 0.6 is 11.6 Å². The third-order valence-electron chi connectivity index (χ3n) is 4.99. The lowest BCUT2D eigenvalue weighted by Crippen LogP contribution is -2.53. The Morgan fingerprint density at radius 2 is 2.29 bits per heavy atom. The van der Waals surface area contributed by atoms with E-state index in [1.165, 1.54) is 12.8 Å². The fourth-order valence-corrected chi connectivity index (χ4v) is 4.02. The number of hydrogen-bond acceptors (Lipinski definition) is 3. The Bertz CT molecular complexity index is 488. The molecule has 0 aromatic carbocycles. The Morgan fingerprint density at radius 3 is 2.81 bits per heavy atom. The molecule has 0 bridgehead atoms. The summed E-state index contributed by atoms with van der Waals surface area (Å²) in [5.74, 6) is 0.665. The molecule has 21 heavy (non-hydrogen) atoms. The predicted molar refractivity (Wildman–Crippen MR) is 86.6 cm³/mol. The molecule has 0 aliphatic heterocycles. The van der Waals surface area contributed by atoms with E-state index >= 15 is 0 Å². The summed E-state index contributed by atoms with van der Waals surface area (Å²) in [6.45, 7) is 4.35. The summed E-state index contributed by atoms with van der Waals surface area (Å²) in [7, 11) is 3.73. The Labute approximate surface area is 133 Å². The van der Waals surface area contributed by atoms with Gasteiger partial charge >= 0.3 is 0 Å². The summed E-state index contributed by atoms with van der Waals surface area (Å²) in [6, 6.07) is -0.0529. The quantitative estimate of drug-likeness (QED) is 0.908. The molecule has 120 valence electrons. The highest BCUT2D eigenvalue weighted by Crippen LogP contribution is 2.38. The van der Waals surface area contributed by atoms with Crippen molar-refractivity contribution in [1.82, 2.24) is 9.78 Å². The molecule has 2 rings (SSSR count). The van der Waals surface area contributed by atoms with Gasteiger partial charge in [-0.2, -0.15) is 5.10 Å². The number of nitrogens with two attached hydrogens (primary N) is 1. The van der Waals surface area contributed by atoms with Gasteiger partial charge in [-0.05, 0) is 25.2 Å². The summed E-state index contributed by atoms with van der Waals surface area (Å²) < 4.78 is 7.77. The van der Waals surface area contributed by atoms with Crippen LogP contribution in [0.3, 0.4) is 0 Å². The monoisotopic (exact) mass is 313 g/mol. The van der Waals surface area contributed by atoms with Crippen LogP contribution in [0.5, 0.6) is 0 Å². The van der Waals surface area contributed by atoms with Crippen LogP contribution < -0.4 is 5.73 Å². The normalized spacial score (nSPS) is 27.8. The summed E-state index contributed by atoms with van der Waals surface area (Å²) in [6.07, 6.45) is 6.06. The highest BCUT2D eigenvalue weighted by atomic mass is 35.5. The standard InChI is InChI=1S/C16H28ClN3O/c1-5-12-15(17)13(20(3)19-12)9-14(18)16(21-4)8-6-7-11(2)10-16/h11,14H,5-10,18H2,1-4H3. The minimum Gasteiger partial charge on any atom is -0.377 e. The maximum Gasteiger partial charge on any atom is 0.0850 e. The maximum atomic E-state index is 6.55. The number of rotatable bonds is 5. The second kappa shape index (κ2) is 6.67. The zero-order valence-corrected chi connectivity index (χ0v) is 14.4. The number of methoxy groups -OCH3 is 1. The topological polar surface area (TPSA) is 53.1 Å². The lowest BCUT2D eigenvalue weighted by molar-refractivity contribution is -0.0708. The molecule has 1 aliphatic carbocycles. The van der Waals surface area contributed by atoms with E-state index in [1.807, 2.05) is 11.7 Å². The van der Waals surface area contributed by atoms with Gasteiger partial charge in [0.1, 0.15) is 0 Å². The van der Waals surface area contributed by atoms with Crippen molar-refractivity contribution in [3.63, 3.8) is 0 Å². The molecular weight excluding hydrogens is 286 g/mol. The average Bonchev–Trinajstić information content (AvgIpc) is 2.74. The van der Waals surface area contributed by atoms with Crippen LogP contribution in [0, 0.1) is 5.92 Å². The number of nitrogens with zero attached hydrogens (tertiary/aromatic N) is 2. The zero-order chi connectivity index (χ0) is 15.6. The molecule has 1 aliphatic rings. The van der Waals surface area contributed by atoms with Gasteiger partial charge in [-0.25, -0.2) is 0 Å². The average molecular weight is 314 g/mol. The summed E-state index contributed by atoms with van der Waals surface area (Å²) in [5.41, 5.74) is 8.30. The van der Waals surface area contributed by atoms with E-state index in [1.54, 1.807) is 7.11 Å². The van der Waals surface area contributed by atoms with Gasteiger partial charge in [0.25, 0.3) is 0 Å². The van der Waals surface area contributed by atoms with Crippen LogP contribution in [0.1, 0.15) is 50.9 Å². The van der Waals surface area contributed by atoms with E-state index in [9.17, 15) is 0 Å². The lowest BCUT2D eigenvalue weighted by Gasteiger charge is -2.43. The van der Waals surface area contributed by atoms with Crippen molar-refractivity contribution in [2.45, 2.75) is 64.0 Å². The zero-order valence-electron chi connectivity index (χ0n) is 13.7. The molecule has 0 amide bonds. The fraction of sp³-hybridized carbons (Fsp3) is 0.812. The van der Waals surface area contributed by atoms with Gasteiger partial charge in [-0.1, -0.05) is 38.3 Å². The predicted octanol–water partition coefficient (Wildman–Crippen LogP) is 3.10. The summed E-state index contributed by atoms with van der Waals surface area (Å²) in [5, 5.41) is 5.25. The Hall–Kier alpha value is -0.580. The fourth-order valence-electron chi connectivity index (χ4n) is 3.65. The van der Waals surface area contributed by atoms with Crippen LogP contribution in [0.25, 0.3) is 0 Å². The summed E-state index contributed by atoms with van der Waals surface area (Å²) in [4.78, 5) is 0. The Balaban J connectivity index is 2.20. The van der Waals surface area contributed by atoms with Crippen molar-refractivity contribution in [2.75, 3.05) is 7.11 Å². The van der Waals surface area contributed by atoms with E-state index in [-0.39, 0.29) is 11.6 Å². The molecule has 3 atom stereocenters. The van der Waals surface area contributed by atoms with Crippen molar-refractivity contribution >= 4 is 11.6 Å². The third kappa shape index (κ3) is 3.27. The van der Waals surface area contributed by atoms with Crippen molar-refractivity contribution in [3.8, 4) is 0 Å². The molecule has 2 N–H and O–H groups in total. The maximum absolute atomic E-state index is 6.55. The Morgan fingerprint density at radius 1 is 1.57 bits per heavy atom. The first-order valence-corrected chi connectivity index (χ1v) is 8.32. The SMILES string of the molecule is CCc1nn(C)c(CC(N)C2(OC)CCCC(C)C2)c1Cl. The van der Waals surface area contributed by atoms with Gasteiger partial charge in [-0.3, -0.25) is 4.68 Å². The smallest absolute Gasteiger partial charge is 0.0850 e. The molecular formula is C16H28ClN3O. The van der Waals surface area contributed by atoms with Crippen LogP contribution in [-0.2, 0) is 24.6 Å². The molecule has 0 saturated heterocycles. The van der Waals surface area contributed by atoms with Gasteiger partial charge in [0.05, 0.1) is 22.0 Å². The highest BCUT2D eigenvalue weighted by Gasteiger charge is 2.41. The number of ether oxygens (including phenoxy) is 1. The van der Waals surface area contributed by atoms with Gasteiger partial charge in [0.2, 0.25) is 0 Å². The first kappa shape index (κ1) is 16.8. The van der Waals surface area contributed by atoms with Crippen LogP contribution in [-0.4, -0.2) is 28.5 Å². The molecule has 0 radical (unpaired) electrons. The van der Waals surface area contributed by atoms with Crippen LogP contribution in [0.2, 0.25) is 5.02 Å². The van der Waals surface area contributed by atoms with E-state index < -0.39 is 0 Å². The van der Waals surface area contributed by atoms with E-state index in [0.29, 0.717) is 12.3 Å². The van der Waals surface area contributed by atoms with Gasteiger partial charge in [-0.15, -0.1) is 0 Å². The molecule has 1 aromatic rings. The number of aromatic nitrogens is 2. The van der Waals surface area contributed by atoms with Crippen molar-refractivity contribution in [2.24, 2.45) is 18.7 Å². The van der Waals surface area contributed by atoms with Gasteiger partial charge in [0, 0.05) is 26.6 Å². The van der Waals surface area contributed by atoms with Gasteiger partial charge < -0.3 is 10.5 Å². The van der Waals surface area contributed by atoms with Crippen molar-refractivity contribution in [1.29, 1.82) is 0 Å². The largest absolute Gasteiger partial charge is 0.377 e. The molecule has 3 unspecified atom stereocenters. The van der Waals surface area contributed by atoms with E-state index in [0.717, 1.165) is 35.7 Å². The second-order valence-electron chi connectivity index (χ2n) is 6.47. The third-order valence-corrected chi connectivity index (χ3v) is 5.43. The molecule has 1 fully saturated rings. The van der Waals surface area contributed by atoms with E-state index in [4.69, 9.17) is 22.1 Å². The molecule has 1 saturated carbocycles. The Kier molecular flexibility index (Phi) is 5.33. The number of halogens is 1. The minimum absolute atomic E-state index is 0.0529. The first-order chi connectivity index (χ1) is 9.93. The highest BCUT2D eigenvalue weighted by molar-refractivity contribution is 6.31.